The number of hydrogen-bond acceptors (Lipinski definition) is 4. The normalized spacial score (nSPS) is 22.5. The van der Waals surface area contributed by atoms with Crippen LogP contribution in [0.25, 0.3) is 0 Å². The van der Waals surface area contributed by atoms with Crippen LogP contribution in [0.15, 0.2) is 30.3 Å². The summed E-state index contributed by atoms with van der Waals surface area (Å²) in [5.41, 5.74) is -0.0996. The number of piperidine rings is 1. The van der Waals surface area contributed by atoms with Crippen molar-refractivity contribution in [3.8, 4) is 5.75 Å². The fourth-order valence-electron chi connectivity index (χ4n) is 4.92. The topological polar surface area (TPSA) is 59.1 Å². The smallest absolute Gasteiger partial charge is 0.260 e. The molecule has 29 heavy (non-hydrogen) atoms. The summed E-state index contributed by atoms with van der Waals surface area (Å²) in [4.78, 5) is 29.4. The molecule has 1 saturated carbocycles. The van der Waals surface area contributed by atoms with Crippen LogP contribution in [0.4, 0.5) is 0 Å². The van der Waals surface area contributed by atoms with Gasteiger partial charge >= 0.3 is 0 Å². The molecule has 0 atom stereocenters. The molecule has 158 valence electrons. The fraction of sp³-hybridized carbons (Fsp3) is 0.652. The minimum absolute atomic E-state index is 0.00715. The van der Waals surface area contributed by atoms with Gasteiger partial charge in [0.15, 0.2) is 6.61 Å². The van der Waals surface area contributed by atoms with Crippen molar-refractivity contribution in [3.63, 3.8) is 0 Å². The van der Waals surface area contributed by atoms with E-state index in [9.17, 15) is 9.59 Å². The minimum atomic E-state index is -0.0996. The standard InChI is InChI=1S/C23H32N2O4/c26-21(17-28-20-7-3-1-4-8-20)24-13-9-19(10-14-24)22(27)25-15-16-29-23(18-25)11-5-2-6-12-23/h1,3-4,7-8,19H,2,5-6,9-18H2. The van der Waals surface area contributed by atoms with Gasteiger partial charge in [-0.3, -0.25) is 9.59 Å². The number of nitrogens with zero attached hydrogens (tertiary/aromatic N) is 2. The summed E-state index contributed by atoms with van der Waals surface area (Å²) in [7, 11) is 0. The Hall–Kier alpha value is -2.08. The number of carbonyl (C=O) groups excluding carboxylic acids is 2. The van der Waals surface area contributed by atoms with Crippen LogP contribution in [0, 0.1) is 5.92 Å². The lowest BCUT2D eigenvalue weighted by molar-refractivity contribution is -0.161. The van der Waals surface area contributed by atoms with Gasteiger partial charge in [-0.15, -0.1) is 0 Å². The molecule has 3 aliphatic rings. The Kier molecular flexibility index (Phi) is 6.38. The van der Waals surface area contributed by atoms with Gasteiger partial charge in [0.25, 0.3) is 5.91 Å². The SMILES string of the molecule is O=C(COc1ccccc1)N1CCC(C(=O)N2CCOC3(CCCCC3)C2)CC1. The summed E-state index contributed by atoms with van der Waals surface area (Å²) in [6.07, 6.45) is 7.30. The van der Waals surface area contributed by atoms with Crippen LogP contribution in [0.3, 0.4) is 0 Å². The number of hydrogen-bond donors (Lipinski definition) is 0. The first-order valence-corrected chi connectivity index (χ1v) is 11.0. The Labute approximate surface area is 173 Å². The summed E-state index contributed by atoms with van der Waals surface area (Å²) >= 11 is 0. The third-order valence-corrected chi connectivity index (χ3v) is 6.63. The second kappa shape index (κ2) is 9.16. The van der Waals surface area contributed by atoms with Gasteiger partial charge in [0, 0.05) is 32.1 Å². The summed E-state index contributed by atoms with van der Waals surface area (Å²) < 4.78 is 11.7. The van der Waals surface area contributed by atoms with Gasteiger partial charge in [-0.25, -0.2) is 0 Å². The lowest BCUT2D eigenvalue weighted by Gasteiger charge is -2.46. The molecular weight excluding hydrogens is 368 g/mol. The van der Waals surface area contributed by atoms with E-state index in [4.69, 9.17) is 9.47 Å². The first kappa shape index (κ1) is 20.2. The zero-order valence-electron chi connectivity index (χ0n) is 17.2. The van der Waals surface area contributed by atoms with Crippen molar-refractivity contribution >= 4 is 11.8 Å². The maximum atomic E-state index is 13.1. The highest BCUT2D eigenvalue weighted by Gasteiger charge is 2.41. The van der Waals surface area contributed by atoms with E-state index >= 15 is 0 Å². The highest BCUT2D eigenvalue weighted by molar-refractivity contribution is 5.81. The molecule has 0 bridgehead atoms. The molecule has 1 spiro atoms. The third-order valence-electron chi connectivity index (χ3n) is 6.63. The summed E-state index contributed by atoms with van der Waals surface area (Å²) in [5, 5.41) is 0. The van der Waals surface area contributed by atoms with Gasteiger partial charge < -0.3 is 19.3 Å². The van der Waals surface area contributed by atoms with Crippen molar-refractivity contribution in [2.24, 2.45) is 5.92 Å². The van der Waals surface area contributed by atoms with Gasteiger partial charge in [-0.05, 0) is 37.8 Å². The Balaban J connectivity index is 1.24. The molecule has 6 nitrogen and oxygen atoms in total. The van der Waals surface area contributed by atoms with Crippen molar-refractivity contribution in [2.45, 2.75) is 50.5 Å². The van der Waals surface area contributed by atoms with E-state index in [0.717, 1.165) is 32.2 Å². The van der Waals surface area contributed by atoms with Crippen molar-refractivity contribution in [1.82, 2.24) is 9.80 Å². The number of para-hydroxylation sites is 1. The fourth-order valence-corrected chi connectivity index (χ4v) is 4.92. The Morgan fingerprint density at radius 3 is 2.45 bits per heavy atom. The summed E-state index contributed by atoms with van der Waals surface area (Å²) in [6.45, 7) is 3.40. The minimum Gasteiger partial charge on any atom is -0.484 e. The van der Waals surface area contributed by atoms with Gasteiger partial charge in [-0.1, -0.05) is 37.5 Å². The average Bonchev–Trinajstić information content (AvgIpc) is 2.78. The van der Waals surface area contributed by atoms with E-state index in [0.29, 0.717) is 32.0 Å². The van der Waals surface area contributed by atoms with E-state index in [1.54, 1.807) is 0 Å². The van der Waals surface area contributed by atoms with E-state index < -0.39 is 0 Å². The molecule has 0 N–H and O–H groups in total. The number of carbonyl (C=O) groups is 2. The van der Waals surface area contributed by atoms with Gasteiger partial charge in [0.05, 0.1) is 12.2 Å². The number of rotatable bonds is 4. The highest BCUT2D eigenvalue weighted by atomic mass is 16.5. The summed E-state index contributed by atoms with van der Waals surface area (Å²) in [6, 6.07) is 9.39. The average molecular weight is 401 g/mol. The van der Waals surface area contributed by atoms with Crippen LogP contribution in [-0.4, -0.2) is 66.6 Å². The molecule has 2 aliphatic heterocycles. The summed E-state index contributed by atoms with van der Waals surface area (Å²) in [5.74, 6) is 0.973. The van der Waals surface area contributed by atoms with E-state index in [-0.39, 0.29) is 29.9 Å². The number of ether oxygens (including phenoxy) is 2. The predicted octanol–water partition coefficient (Wildman–Crippen LogP) is 2.87. The van der Waals surface area contributed by atoms with Crippen LogP contribution < -0.4 is 4.74 Å². The number of benzene rings is 1. The molecule has 3 fully saturated rings. The van der Waals surface area contributed by atoms with Gasteiger partial charge in [0.1, 0.15) is 5.75 Å². The van der Waals surface area contributed by atoms with Gasteiger partial charge in [0.2, 0.25) is 5.91 Å². The zero-order valence-corrected chi connectivity index (χ0v) is 17.2. The monoisotopic (exact) mass is 400 g/mol. The maximum absolute atomic E-state index is 13.1. The van der Waals surface area contributed by atoms with Crippen LogP contribution in [0.2, 0.25) is 0 Å². The molecule has 0 radical (unpaired) electrons. The lowest BCUT2D eigenvalue weighted by atomic mass is 9.83. The van der Waals surface area contributed by atoms with Crippen molar-refractivity contribution in [3.05, 3.63) is 30.3 Å². The van der Waals surface area contributed by atoms with Crippen molar-refractivity contribution in [2.75, 3.05) is 39.4 Å². The van der Waals surface area contributed by atoms with Crippen LogP contribution in [0.1, 0.15) is 44.9 Å². The largest absolute Gasteiger partial charge is 0.484 e. The molecule has 4 rings (SSSR count). The van der Waals surface area contributed by atoms with E-state index in [1.807, 2.05) is 40.1 Å². The van der Waals surface area contributed by atoms with E-state index in [2.05, 4.69) is 0 Å². The molecule has 6 heteroatoms. The molecule has 2 saturated heterocycles. The van der Waals surface area contributed by atoms with Crippen LogP contribution in [-0.2, 0) is 14.3 Å². The Morgan fingerprint density at radius 2 is 1.72 bits per heavy atom. The lowest BCUT2D eigenvalue weighted by Crippen LogP contribution is -2.56. The van der Waals surface area contributed by atoms with E-state index in [1.165, 1.54) is 19.3 Å². The number of amides is 2. The second-order valence-electron chi connectivity index (χ2n) is 8.61. The van der Waals surface area contributed by atoms with Gasteiger partial charge in [-0.2, -0.15) is 0 Å². The second-order valence-corrected chi connectivity index (χ2v) is 8.61. The Morgan fingerprint density at radius 1 is 1.00 bits per heavy atom. The molecule has 0 unspecified atom stereocenters. The predicted molar refractivity (Wildman–Crippen MR) is 110 cm³/mol. The first-order chi connectivity index (χ1) is 14.2. The molecule has 2 amide bonds. The zero-order chi connectivity index (χ0) is 20.1. The molecular formula is C23H32N2O4. The quantitative estimate of drug-likeness (QED) is 0.780. The molecule has 2 heterocycles. The molecule has 1 aromatic carbocycles. The highest BCUT2D eigenvalue weighted by Crippen LogP contribution is 2.35. The van der Waals surface area contributed by atoms with Crippen molar-refractivity contribution in [1.29, 1.82) is 0 Å². The maximum Gasteiger partial charge on any atom is 0.260 e. The number of likely N-dealkylation sites (tertiary alicyclic amines) is 1. The molecule has 1 aromatic rings. The first-order valence-electron chi connectivity index (χ1n) is 11.0. The Bertz CT molecular complexity index is 689. The van der Waals surface area contributed by atoms with Crippen molar-refractivity contribution < 1.29 is 19.1 Å². The van der Waals surface area contributed by atoms with Crippen LogP contribution in [0.5, 0.6) is 5.75 Å². The molecule has 1 aliphatic carbocycles. The molecule has 0 aromatic heterocycles. The third kappa shape index (κ3) is 4.92. The number of morpholine rings is 1. The van der Waals surface area contributed by atoms with Crippen LogP contribution >= 0.6 is 0 Å².